The number of nitrogens with zero attached hydrogens (tertiary/aromatic N) is 4. The van der Waals surface area contributed by atoms with Crippen LogP contribution in [0.5, 0.6) is 5.75 Å². The molecule has 1 aromatic heterocycles. The summed E-state index contributed by atoms with van der Waals surface area (Å²) in [5, 5.41) is 11.8. The van der Waals surface area contributed by atoms with E-state index in [-0.39, 0.29) is 0 Å². The van der Waals surface area contributed by atoms with E-state index >= 15 is 0 Å². The molecule has 0 aliphatic heterocycles. The lowest BCUT2D eigenvalue weighted by Gasteiger charge is -2.10. The van der Waals surface area contributed by atoms with Gasteiger partial charge in [0.15, 0.2) is 5.82 Å². The number of aromatic nitrogens is 4. The molecule has 0 aliphatic rings. The molecule has 0 fully saturated rings. The van der Waals surface area contributed by atoms with Gasteiger partial charge in [-0.2, -0.15) is 4.80 Å². The number of esters is 1. The van der Waals surface area contributed by atoms with Crippen LogP contribution in [0.25, 0.3) is 0 Å². The number of benzene rings is 1. The molecule has 120 valence electrons. The van der Waals surface area contributed by atoms with Gasteiger partial charge in [0.25, 0.3) is 0 Å². The Labute approximate surface area is 134 Å². The van der Waals surface area contributed by atoms with Gasteiger partial charge in [-0.15, -0.1) is 10.2 Å². The van der Waals surface area contributed by atoms with E-state index in [4.69, 9.17) is 9.47 Å². The van der Waals surface area contributed by atoms with Gasteiger partial charge in [-0.05, 0) is 29.8 Å². The van der Waals surface area contributed by atoms with Gasteiger partial charge in [0.2, 0.25) is 0 Å². The largest absolute Gasteiger partial charge is 0.496 e. The Morgan fingerprint density at radius 2 is 2.13 bits per heavy atom. The van der Waals surface area contributed by atoms with Crippen LogP contribution in [-0.2, 0) is 18.2 Å². The first kappa shape index (κ1) is 16.5. The fourth-order valence-corrected chi connectivity index (χ4v) is 2.14. The van der Waals surface area contributed by atoms with Crippen molar-refractivity contribution in [1.82, 2.24) is 20.2 Å². The molecule has 1 aromatic carbocycles. The van der Waals surface area contributed by atoms with Crippen LogP contribution < -0.4 is 4.74 Å². The van der Waals surface area contributed by atoms with Crippen LogP contribution in [0.2, 0.25) is 0 Å². The maximum Gasteiger partial charge on any atom is 0.341 e. The van der Waals surface area contributed by atoms with E-state index in [1.807, 2.05) is 13.0 Å². The number of carbonyl (C=O) groups excluding carboxylic acids is 1. The third-order valence-electron chi connectivity index (χ3n) is 3.14. The van der Waals surface area contributed by atoms with Crippen molar-refractivity contribution >= 4 is 5.97 Å². The fourth-order valence-electron chi connectivity index (χ4n) is 2.14. The van der Waals surface area contributed by atoms with Gasteiger partial charge in [0.05, 0.1) is 21.3 Å². The zero-order valence-electron chi connectivity index (χ0n) is 13.6. The normalized spacial score (nSPS) is 9.91. The van der Waals surface area contributed by atoms with Gasteiger partial charge < -0.3 is 9.47 Å². The standard InChI is InChI=1S/C16H18N4O3/c1-11-9-12(10-13(15(11)22-3)16(21)23-4)7-5-6-8-14-17-19-20(2)18-14/h9-10H,6,8H2,1-4H3. The summed E-state index contributed by atoms with van der Waals surface area (Å²) < 4.78 is 10.0. The molecular formula is C16H18N4O3. The Kier molecular flexibility index (Phi) is 5.31. The van der Waals surface area contributed by atoms with Crippen molar-refractivity contribution < 1.29 is 14.3 Å². The van der Waals surface area contributed by atoms with Crippen LogP contribution in [0.3, 0.4) is 0 Å². The maximum atomic E-state index is 11.8. The molecule has 0 spiro atoms. The molecule has 1 heterocycles. The van der Waals surface area contributed by atoms with E-state index in [1.54, 1.807) is 13.1 Å². The predicted molar refractivity (Wildman–Crippen MR) is 83.1 cm³/mol. The number of ether oxygens (including phenoxy) is 2. The second-order valence-corrected chi connectivity index (χ2v) is 4.86. The summed E-state index contributed by atoms with van der Waals surface area (Å²) in [4.78, 5) is 13.3. The van der Waals surface area contributed by atoms with Crippen molar-refractivity contribution in [3.63, 3.8) is 0 Å². The van der Waals surface area contributed by atoms with Gasteiger partial charge in [-0.3, -0.25) is 0 Å². The third-order valence-corrected chi connectivity index (χ3v) is 3.14. The van der Waals surface area contributed by atoms with E-state index in [1.165, 1.54) is 19.0 Å². The SMILES string of the molecule is COC(=O)c1cc(C#CCCc2nnn(C)n2)cc(C)c1OC. The van der Waals surface area contributed by atoms with E-state index < -0.39 is 5.97 Å². The molecule has 0 bridgehead atoms. The molecule has 2 aromatic rings. The summed E-state index contributed by atoms with van der Waals surface area (Å²) in [6, 6.07) is 3.55. The average Bonchev–Trinajstić information content (AvgIpc) is 2.95. The minimum absolute atomic E-state index is 0.370. The Hall–Kier alpha value is -2.88. The smallest absolute Gasteiger partial charge is 0.341 e. The molecule has 0 amide bonds. The lowest BCUT2D eigenvalue weighted by Crippen LogP contribution is -2.06. The number of carbonyl (C=O) groups is 1. The summed E-state index contributed by atoms with van der Waals surface area (Å²) in [7, 11) is 4.58. The van der Waals surface area contributed by atoms with Crippen molar-refractivity contribution in [2.24, 2.45) is 7.05 Å². The highest BCUT2D eigenvalue weighted by Crippen LogP contribution is 2.25. The second kappa shape index (κ2) is 7.40. The summed E-state index contributed by atoms with van der Waals surface area (Å²) >= 11 is 0. The number of rotatable bonds is 4. The van der Waals surface area contributed by atoms with Crippen LogP contribution in [0.1, 0.15) is 33.7 Å². The molecule has 0 N–H and O–H groups in total. The minimum Gasteiger partial charge on any atom is -0.496 e. The van der Waals surface area contributed by atoms with Gasteiger partial charge in [-0.1, -0.05) is 11.8 Å². The number of aryl methyl sites for hydroxylation is 3. The average molecular weight is 314 g/mol. The number of tetrazole rings is 1. The van der Waals surface area contributed by atoms with E-state index in [9.17, 15) is 4.79 Å². The summed E-state index contributed by atoms with van der Waals surface area (Å²) in [5.41, 5.74) is 1.93. The third kappa shape index (κ3) is 4.07. The first-order chi connectivity index (χ1) is 11.0. The monoisotopic (exact) mass is 314 g/mol. The summed E-state index contributed by atoms with van der Waals surface area (Å²) in [5.74, 6) is 6.80. The first-order valence-electron chi connectivity index (χ1n) is 7.04. The molecule has 7 nitrogen and oxygen atoms in total. The summed E-state index contributed by atoms with van der Waals surface area (Å²) in [6.45, 7) is 1.86. The quantitative estimate of drug-likeness (QED) is 0.625. The van der Waals surface area contributed by atoms with Crippen LogP contribution >= 0.6 is 0 Å². The van der Waals surface area contributed by atoms with Gasteiger partial charge in [-0.25, -0.2) is 4.79 Å². The van der Waals surface area contributed by atoms with Gasteiger partial charge >= 0.3 is 5.97 Å². The topological polar surface area (TPSA) is 79.1 Å². The molecule has 0 saturated heterocycles. The lowest BCUT2D eigenvalue weighted by molar-refractivity contribution is 0.0597. The van der Waals surface area contributed by atoms with Crippen LogP contribution in [0.4, 0.5) is 0 Å². The van der Waals surface area contributed by atoms with E-state index in [0.717, 1.165) is 11.1 Å². The Morgan fingerprint density at radius 1 is 1.35 bits per heavy atom. The number of hydrogen-bond donors (Lipinski definition) is 0. The highest BCUT2D eigenvalue weighted by atomic mass is 16.5. The number of methoxy groups -OCH3 is 2. The molecule has 23 heavy (non-hydrogen) atoms. The molecular weight excluding hydrogens is 296 g/mol. The molecule has 0 unspecified atom stereocenters. The fraction of sp³-hybridized carbons (Fsp3) is 0.375. The molecule has 2 rings (SSSR count). The van der Waals surface area contributed by atoms with Crippen molar-refractivity contribution in [2.45, 2.75) is 19.8 Å². The van der Waals surface area contributed by atoms with Crippen LogP contribution in [-0.4, -0.2) is 40.4 Å². The molecule has 7 heteroatoms. The zero-order chi connectivity index (χ0) is 16.8. The highest BCUT2D eigenvalue weighted by molar-refractivity contribution is 5.93. The molecule has 0 radical (unpaired) electrons. The highest BCUT2D eigenvalue weighted by Gasteiger charge is 2.15. The van der Waals surface area contributed by atoms with Crippen molar-refractivity contribution in [1.29, 1.82) is 0 Å². The van der Waals surface area contributed by atoms with E-state index in [2.05, 4.69) is 27.3 Å². The first-order valence-corrected chi connectivity index (χ1v) is 7.04. The minimum atomic E-state index is -0.447. The van der Waals surface area contributed by atoms with Crippen molar-refractivity contribution in [3.8, 4) is 17.6 Å². The van der Waals surface area contributed by atoms with Crippen molar-refractivity contribution in [2.75, 3.05) is 14.2 Å². The van der Waals surface area contributed by atoms with Crippen LogP contribution in [0.15, 0.2) is 12.1 Å². The lowest BCUT2D eigenvalue weighted by atomic mass is 10.0. The Balaban J connectivity index is 2.15. The van der Waals surface area contributed by atoms with Crippen LogP contribution in [0, 0.1) is 18.8 Å². The Bertz CT molecular complexity index is 771. The predicted octanol–water partition coefficient (Wildman–Crippen LogP) is 1.30. The Morgan fingerprint density at radius 3 is 2.74 bits per heavy atom. The number of hydrogen-bond acceptors (Lipinski definition) is 6. The second-order valence-electron chi connectivity index (χ2n) is 4.86. The van der Waals surface area contributed by atoms with Crippen molar-refractivity contribution in [3.05, 3.63) is 34.6 Å². The van der Waals surface area contributed by atoms with E-state index in [0.29, 0.717) is 30.0 Å². The summed E-state index contributed by atoms with van der Waals surface area (Å²) in [6.07, 6.45) is 1.23. The molecule has 0 aliphatic carbocycles. The maximum absolute atomic E-state index is 11.8. The molecule has 0 saturated carbocycles. The molecule has 0 atom stereocenters. The zero-order valence-corrected chi connectivity index (χ0v) is 13.6. The van der Waals surface area contributed by atoms with Gasteiger partial charge in [0.1, 0.15) is 11.3 Å². The van der Waals surface area contributed by atoms with Gasteiger partial charge in [0, 0.05) is 18.4 Å².